The fraction of sp³-hybridized carbons (Fsp3) is 0.286. The highest BCUT2D eigenvalue weighted by atomic mass is 16.1. The number of pyridine rings is 2. The lowest BCUT2D eigenvalue weighted by molar-refractivity contribution is 0.508. The van der Waals surface area contributed by atoms with Gasteiger partial charge in [-0.15, -0.1) is 0 Å². The standard InChI is InChI=1S/C21H19N3O/c1-15-5-9-18-19(10-6-15)23-20-14-16(11-13-24(20)21(18)25)7-8-17-4-2-3-12-22-17/h2-4,11-15H,5-6,9-10H2,1H3. The van der Waals surface area contributed by atoms with Crippen molar-refractivity contribution >= 4 is 5.65 Å². The van der Waals surface area contributed by atoms with Crippen molar-refractivity contribution in [3.8, 4) is 11.8 Å². The number of hydrogen-bond acceptors (Lipinski definition) is 3. The van der Waals surface area contributed by atoms with E-state index in [1.54, 1.807) is 16.8 Å². The molecule has 0 N–H and O–H groups in total. The molecule has 1 aliphatic carbocycles. The zero-order valence-electron chi connectivity index (χ0n) is 14.2. The molecule has 1 aliphatic rings. The summed E-state index contributed by atoms with van der Waals surface area (Å²) < 4.78 is 1.64. The molecule has 124 valence electrons. The van der Waals surface area contributed by atoms with E-state index >= 15 is 0 Å². The Kier molecular flexibility index (Phi) is 4.07. The van der Waals surface area contributed by atoms with Crippen LogP contribution in [0.1, 0.15) is 42.3 Å². The fourth-order valence-corrected chi connectivity index (χ4v) is 3.25. The first-order chi connectivity index (χ1) is 12.2. The highest BCUT2D eigenvalue weighted by molar-refractivity contribution is 5.50. The molecule has 4 nitrogen and oxygen atoms in total. The van der Waals surface area contributed by atoms with E-state index in [4.69, 9.17) is 4.98 Å². The lowest BCUT2D eigenvalue weighted by Gasteiger charge is -2.08. The van der Waals surface area contributed by atoms with Crippen LogP contribution in [0.15, 0.2) is 47.5 Å². The first-order valence-corrected chi connectivity index (χ1v) is 8.68. The number of rotatable bonds is 0. The molecule has 4 rings (SSSR count). The van der Waals surface area contributed by atoms with Crippen LogP contribution in [0.3, 0.4) is 0 Å². The van der Waals surface area contributed by atoms with Crippen molar-refractivity contribution < 1.29 is 0 Å². The van der Waals surface area contributed by atoms with E-state index in [1.807, 2.05) is 30.3 Å². The normalized spacial score (nSPS) is 16.6. The molecule has 0 spiro atoms. The van der Waals surface area contributed by atoms with Gasteiger partial charge in [0.1, 0.15) is 11.3 Å². The summed E-state index contributed by atoms with van der Waals surface area (Å²) in [6.45, 7) is 2.24. The largest absolute Gasteiger partial charge is 0.269 e. The Morgan fingerprint density at radius 3 is 2.88 bits per heavy atom. The molecule has 25 heavy (non-hydrogen) atoms. The molecular formula is C21H19N3O. The number of hydrogen-bond donors (Lipinski definition) is 0. The lowest BCUT2D eigenvalue weighted by Crippen LogP contribution is -2.22. The molecule has 0 amide bonds. The van der Waals surface area contributed by atoms with Gasteiger partial charge in [-0.2, -0.15) is 0 Å². The van der Waals surface area contributed by atoms with Crippen molar-refractivity contribution in [1.82, 2.24) is 14.4 Å². The maximum Gasteiger partial charge on any atom is 0.261 e. The highest BCUT2D eigenvalue weighted by Crippen LogP contribution is 2.21. The van der Waals surface area contributed by atoms with Crippen LogP contribution < -0.4 is 5.56 Å². The molecule has 0 saturated carbocycles. The molecule has 3 aromatic heterocycles. The third-order valence-corrected chi connectivity index (χ3v) is 4.77. The number of aryl methyl sites for hydroxylation is 1. The summed E-state index contributed by atoms with van der Waals surface area (Å²) >= 11 is 0. The number of nitrogens with zero attached hydrogens (tertiary/aromatic N) is 3. The second-order valence-electron chi connectivity index (χ2n) is 6.63. The number of aromatic nitrogens is 3. The summed E-state index contributed by atoms with van der Waals surface area (Å²) in [5.41, 5.74) is 4.14. The van der Waals surface area contributed by atoms with E-state index in [-0.39, 0.29) is 5.56 Å². The van der Waals surface area contributed by atoms with E-state index in [2.05, 4.69) is 23.7 Å². The molecule has 3 heterocycles. The molecule has 0 bridgehead atoms. The maximum atomic E-state index is 12.8. The average molecular weight is 329 g/mol. The van der Waals surface area contributed by atoms with Gasteiger partial charge < -0.3 is 0 Å². The SMILES string of the molecule is CC1CCc2nc3cc(C#Cc4ccccn4)ccn3c(=O)c2CC1. The Balaban J connectivity index is 1.77. The predicted molar refractivity (Wildman–Crippen MR) is 97.5 cm³/mol. The van der Waals surface area contributed by atoms with Gasteiger partial charge in [0.2, 0.25) is 0 Å². The topological polar surface area (TPSA) is 47.3 Å². The van der Waals surface area contributed by atoms with Gasteiger partial charge in [0.25, 0.3) is 5.56 Å². The van der Waals surface area contributed by atoms with E-state index in [1.165, 1.54) is 0 Å². The van der Waals surface area contributed by atoms with Gasteiger partial charge in [0.15, 0.2) is 0 Å². The Hall–Kier alpha value is -2.93. The van der Waals surface area contributed by atoms with Gasteiger partial charge in [-0.25, -0.2) is 9.97 Å². The van der Waals surface area contributed by atoms with E-state index in [0.29, 0.717) is 11.6 Å². The Labute approximate surface area is 146 Å². The Morgan fingerprint density at radius 2 is 2.04 bits per heavy atom. The zero-order valence-corrected chi connectivity index (χ0v) is 14.2. The van der Waals surface area contributed by atoms with E-state index < -0.39 is 0 Å². The first kappa shape index (κ1) is 15.6. The van der Waals surface area contributed by atoms with Crippen molar-refractivity contribution in [2.45, 2.75) is 32.6 Å². The lowest BCUT2D eigenvalue weighted by atomic mass is 10.0. The molecule has 0 aromatic carbocycles. The minimum atomic E-state index is 0.0679. The Morgan fingerprint density at radius 1 is 1.16 bits per heavy atom. The summed E-state index contributed by atoms with van der Waals surface area (Å²) in [5.74, 6) is 6.79. The van der Waals surface area contributed by atoms with Gasteiger partial charge in [-0.1, -0.05) is 18.9 Å². The van der Waals surface area contributed by atoms with E-state index in [0.717, 1.165) is 48.2 Å². The second kappa shape index (κ2) is 6.52. The molecule has 0 aliphatic heterocycles. The number of fused-ring (bicyclic) bond motifs is 2. The second-order valence-corrected chi connectivity index (χ2v) is 6.63. The maximum absolute atomic E-state index is 12.8. The summed E-state index contributed by atoms with van der Waals surface area (Å²) in [7, 11) is 0. The molecule has 3 aromatic rings. The van der Waals surface area contributed by atoms with Crippen molar-refractivity contribution in [3.05, 3.63) is 75.6 Å². The third-order valence-electron chi connectivity index (χ3n) is 4.77. The van der Waals surface area contributed by atoms with Gasteiger partial charge in [0.05, 0.1) is 5.69 Å². The van der Waals surface area contributed by atoms with Gasteiger partial charge >= 0.3 is 0 Å². The molecular weight excluding hydrogens is 310 g/mol. The van der Waals surface area contributed by atoms with Crippen molar-refractivity contribution in [2.24, 2.45) is 5.92 Å². The van der Waals surface area contributed by atoms with Crippen LogP contribution in [-0.4, -0.2) is 14.4 Å². The van der Waals surface area contributed by atoms with Crippen molar-refractivity contribution in [1.29, 1.82) is 0 Å². The van der Waals surface area contributed by atoms with Gasteiger partial charge in [0, 0.05) is 23.5 Å². The molecule has 4 heteroatoms. The van der Waals surface area contributed by atoms with Crippen LogP contribution in [0.5, 0.6) is 0 Å². The molecule has 1 atom stereocenters. The van der Waals surface area contributed by atoms with Crippen LogP contribution >= 0.6 is 0 Å². The van der Waals surface area contributed by atoms with Crippen LogP contribution in [0.4, 0.5) is 0 Å². The summed E-state index contributed by atoms with van der Waals surface area (Å²) in [4.78, 5) is 21.8. The van der Waals surface area contributed by atoms with Crippen LogP contribution in [0.2, 0.25) is 0 Å². The molecule has 0 saturated heterocycles. The zero-order chi connectivity index (χ0) is 17.2. The first-order valence-electron chi connectivity index (χ1n) is 8.68. The van der Waals surface area contributed by atoms with Crippen LogP contribution in [0, 0.1) is 17.8 Å². The van der Waals surface area contributed by atoms with Crippen molar-refractivity contribution in [2.75, 3.05) is 0 Å². The third kappa shape index (κ3) is 3.18. The Bertz CT molecular complexity index is 1040. The summed E-state index contributed by atoms with van der Waals surface area (Å²) in [6, 6.07) is 9.39. The van der Waals surface area contributed by atoms with E-state index in [9.17, 15) is 4.79 Å². The minimum absolute atomic E-state index is 0.0679. The van der Waals surface area contributed by atoms with Gasteiger partial charge in [-0.3, -0.25) is 9.20 Å². The predicted octanol–water partition coefficient (Wildman–Crippen LogP) is 3.00. The monoisotopic (exact) mass is 329 g/mol. The van der Waals surface area contributed by atoms with Crippen molar-refractivity contribution in [3.63, 3.8) is 0 Å². The highest BCUT2D eigenvalue weighted by Gasteiger charge is 2.18. The quantitative estimate of drug-likeness (QED) is 0.470. The van der Waals surface area contributed by atoms with Gasteiger partial charge in [-0.05, 0) is 61.8 Å². The molecule has 1 unspecified atom stereocenters. The smallest absolute Gasteiger partial charge is 0.261 e. The van der Waals surface area contributed by atoms with Crippen LogP contribution in [-0.2, 0) is 12.8 Å². The van der Waals surface area contributed by atoms with Crippen LogP contribution in [0.25, 0.3) is 5.65 Å². The summed E-state index contributed by atoms with van der Waals surface area (Å²) in [6.07, 6.45) is 7.36. The molecule has 0 radical (unpaired) electrons. The summed E-state index contributed by atoms with van der Waals surface area (Å²) in [5, 5.41) is 0. The minimum Gasteiger partial charge on any atom is -0.269 e. The fourth-order valence-electron chi connectivity index (χ4n) is 3.25. The average Bonchev–Trinajstić information content (AvgIpc) is 2.83. The molecule has 0 fully saturated rings.